The summed E-state index contributed by atoms with van der Waals surface area (Å²) in [5.41, 5.74) is 0.0748. The number of benzene rings is 1. The van der Waals surface area contributed by atoms with Gasteiger partial charge in [0.25, 0.3) is 5.91 Å². The van der Waals surface area contributed by atoms with E-state index in [-0.39, 0.29) is 5.69 Å². The second-order valence-corrected chi connectivity index (χ2v) is 8.36. The summed E-state index contributed by atoms with van der Waals surface area (Å²) in [6.07, 6.45) is 2.54. The van der Waals surface area contributed by atoms with Crippen LogP contribution in [0, 0.1) is 0 Å². The number of nitrogens with zero attached hydrogens (tertiary/aromatic N) is 4. The van der Waals surface area contributed by atoms with Gasteiger partial charge in [0.2, 0.25) is 10.6 Å². The normalized spacial score (nSPS) is 10.7. The lowest BCUT2D eigenvalue weighted by Crippen LogP contribution is -2.25. The highest BCUT2D eigenvalue weighted by molar-refractivity contribution is 9.10. The van der Waals surface area contributed by atoms with Gasteiger partial charge in [-0.2, -0.15) is 5.10 Å². The lowest BCUT2D eigenvalue weighted by molar-refractivity contribution is 0.101. The largest absolute Gasteiger partial charge is 0.295 e. The Morgan fingerprint density at radius 2 is 2.04 bits per heavy atom. The molecule has 0 saturated heterocycles. The summed E-state index contributed by atoms with van der Waals surface area (Å²) < 4.78 is 3.18. The molecular weight excluding hydrogens is 438 g/mol. The van der Waals surface area contributed by atoms with E-state index < -0.39 is 11.3 Å². The van der Waals surface area contributed by atoms with Crippen LogP contribution in [0.3, 0.4) is 0 Å². The van der Waals surface area contributed by atoms with Gasteiger partial charge in [0.05, 0.1) is 5.69 Å². The van der Waals surface area contributed by atoms with Crippen LogP contribution in [0.5, 0.6) is 0 Å². The lowest BCUT2D eigenvalue weighted by atomic mass is 10.3. The van der Waals surface area contributed by atoms with E-state index in [1.54, 1.807) is 11.8 Å². The Hall–Kier alpha value is -2.04. The molecule has 0 unspecified atom stereocenters. The van der Waals surface area contributed by atoms with Gasteiger partial charge in [-0.05, 0) is 30.7 Å². The fourth-order valence-electron chi connectivity index (χ4n) is 1.97. The van der Waals surface area contributed by atoms with Crippen LogP contribution in [0.4, 0.5) is 5.13 Å². The van der Waals surface area contributed by atoms with Crippen molar-refractivity contribution in [2.75, 3.05) is 11.1 Å². The molecule has 3 rings (SSSR count). The van der Waals surface area contributed by atoms with Gasteiger partial charge in [-0.25, -0.2) is 4.68 Å². The molecule has 7 nitrogen and oxygen atoms in total. The van der Waals surface area contributed by atoms with Gasteiger partial charge < -0.3 is 0 Å². The van der Waals surface area contributed by atoms with Crippen LogP contribution in [0.25, 0.3) is 5.69 Å². The molecular formula is C16H14BrN5O2S2. The molecule has 0 fully saturated rings. The average molecular weight is 452 g/mol. The van der Waals surface area contributed by atoms with Crippen molar-refractivity contribution >= 4 is 50.1 Å². The molecule has 134 valence electrons. The second-order valence-electron chi connectivity index (χ2n) is 5.13. The maximum Gasteiger partial charge on any atom is 0.282 e. The summed E-state index contributed by atoms with van der Waals surface area (Å²) in [6, 6.07) is 8.67. The number of anilines is 1. The first-order valence-electron chi connectivity index (χ1n) is 7.70. The first-order valence-corrected chi connectivity index (χ1v) is 10.3. The number of rotatable bonds is 6. The zero-order chi connectivity index (χ0) is 18.5. The summed E-state index contributed by atoms with van der Waals surface area (Å²) in [6.45, 7) is 2.08. The number of halogens is 1. The van der Waals surface area contributed by atoms with E-state index in [4.69, 9.17) is 0 Å². The predicted octanol–water partition coefficient (Wildman–Crippen LogP) is 3.60. The molecule has 10 heteroatoms. The van der Waals surface area contributed by atoms with Gasteiger partial charge >= 0.3 is 0 Å². The molecule has 2 heterocycles. The first-order chi connectivity index (χ1) is 12.6. The molecule has 0 spiro atoms. The molecule has 1 amide bonds. The minimum Gasteiger partial charge on any atom is -0.295 e. The molecule has 0 bridgehead atoms. The molecule has 0 aliphatic rings. The van der Waals surface area contributed by atoms with Gasteiger partial charge in [-0.1, -0.05) is 46.0 Å². The van der Waals surface area contributed by atoms with Crippen LogP contribution in [0.2, 0.25) is 0 Å². The van der Waals surface area contributed by atoms with Crippen molar-refractivity contribution in [3.8, 4) is 5.69 Å². The van der Waals surface area contributed by atoms with E-state index >= 15 is 0 Å². The summed E-state index contributed by atoms with van der Waals surface area (Å²) in [7, 11) is 0. The van der Waals surface area contributed by atoms with Crippen LogP contribution in [0.15, 0.2) is 50.1 Å². The highest BCUT2D eigenvalue weighted by atomic mass is 79.9. The topological polar surface area (TPSA) is 89.8 Å². The third-order valence-electron chi connectivity index (χ3n) is 3.17. The molecule has 3 aromatic rings. The Labute approximate surface area is 166 Å². The zero-order valence-electron chi connectivity index (χ0n) is 13.7. The third kappa shape index (κ3) is 4.57. The van der Waals surface area contributed by atoms with Gasteiger partial charge in [-0.15, -0.1) is 10.2 Å². The summed E-state index contributed by atoms with van der Waals surface area (Å²) in [5, 5.41) is 15.0. The molecule has 26 heavy (non-hydrogen) atoms. The van der Waals surface area contributed by atoms with Gasteiger partial charge in [-0.3, -0.25) is 14.9 Å². The number of nitrogens with one attached hydrogen (secondary N) is 1. The van der Waals surface area contributed by atoms with Crippen LogP contribution in [-0.2, 0) is 0 Å². The smallest absolute Gasteiger partial charge is 0.282 e. The first kappa shape index (κ1) is 18.7. The number of hydrogen-bond acceptors (Lipinski definition) is 7. The van der Waals surface area contributed by atoms with E-state index in [1.165, 1.54) is 28.3 Å². The van der Waals surface area contributed by atoms with Crippen molar-refractivity contribution in [2.24, 2.45) is 0 Å². The highest BCUT2D eigenvalue weighted by Crippen LogP contribution is 2.25. The van der Waals surface area contributed by atoms with Crippen LogP contribution >= 0.6 is 39.0 Å². The standard InChI is InChI=1S/C16H14BrN5O2S2/c1-2-9-25-16-20-19-15(26-16)18-14(24)13-12(23)7-8-22(21-13)11-5-3-10(17)4-6-11/h3-8H,2,9H2,1H3,(H,18,19,24). The molecule has 2 aromatic heterocycles. The summed E-state index contributed by atoms with van der Waals surface area (Å²) in [5.74, 6) is 0.324. The fraction of sp³-hybridized carbons (Fsp3) is 0.188. The Morgan fingerprint density at radius 3 is 2.77 bits per heavy atom. The maximum atomic E-state index is 12.4. The van der Waals surface area contributed by atoms with E-state index in [9.17, 15) is 9.59 Å². The Balaban J connectivity index is 1.80. The number of carbonyl (C=O) groups excluding carboxylic acids is 1. The van der Waals surface area contributed by atoms with Crippen molar-refractivity contribution in [2.45, 2.75) is 17.7 Å². The summed E-state index contributed by atoms with van der Waals surface area (Å²) in [4.78, 5) is 24.5. The van der Waals surface area contributed by atoms with Crippen LogP contribution in [-0.4, -0.2) is 31.6 Å². The second kappa shape index (κ2) is 8.56. The minimum atomic E-state index is -0.607. The van der Waals surface area contributed by atoms with Crippen molar-refractivity contribution in [3.05, 3.63) is 56.9 Å². The zero-order valence-corrected chi connectivity index (χ0v) is 16.9. The Kier molecular flexibility index (Phi) is 6.17. The van der Waals surface area contributed by atoms with Crippen LogP contribution in [0.1, 0.15) is 23.8 Å². The quantitative estimate of drug-likeness (QED) is 0.454. The Morgan fingerprint density at radius 1 is 1.27 bits per heavy atom. The molecule has 0 saturated carbocycles. The third-order valence-corrected chi connectivity index (χ3v) is 5.88. The molecule has 0 atom stereocenters. The molecule has 1 aromatic carbocycles. The molecule has 0 radical (unpaired) electrons. The molecule has 0 aliphatic heterocycles. The lowest BCUT2D eigenvalue weighted by Gasteiger charge is -2.07. The number of thioether (sulfide) groups is 1. The predicted molar refractivity (Wildman–Crippen MR) is 106 cm³/mol. The number of carbonyl (C=O) groups is 1. The Bertz CT molecular complexity index is 971. The number of aromatic nitrogens is 4. The van der Waals surface area contributed by atoms with E-state index in [0.29, 0.717) is 5.13 Å². The highest BCUT2D eigenvalue weighted by Gasteiger charge is 2.16. The molecule has 1 N–H and O–H groups in total. The van der Waals surface area contributed by atoms with E-state index in [1.807, 2.05) is 24.3 Å². The van der Waals surface area contributed by atoms with Crippen LogP contribution < -0.4 is 10.7 Å². The summed E-state index contributed by atoms with van der Waals surface area (Å²) >= 11 is 6.21. The van der Waals surface area contributed by atoms with Gasteiger partial charge in [0.15, 0.2) is 10.0 Å². The van der Waals surface area contributed by atoms with Crippen molar-refractivity contribution in [3.63, 3.8) is 0 Å². The number of hydrogen-bond donors (Lipinski definition) is 1. The van der Waals surface area contributed by atoms with E-state index in [0.717, 1.165) is 26.7 Å². The molecule has 0 aliphatic carbocycles. The fourth-order valence-corrected chi connectivity index (χ4v) is 3.90. The van der Waals surface area contributed by atoms with Crippen molar-refractivity contribution in [1.29, 1.82) is 0 Å². The average Bonchev–Trinajstić information content (AvgIpc) is 3.08. The SMILES string of the molecule is CCCSc1nnc(NC(=O)c2nn(-c3ccc(Br)cc3)ccc2=O)s1. The minimum absolute atomic E-state index is 0.201. The maximum absolute atomic E-state index is 12.4. The van der Waals surface area contributed by atoms with Gasteiger partial charge in [0.1, 0.15) is 0 Å². The van der Waals surface area contributed by atoms with E-state index in [2.05, 4.69) is 43.5 Å². The monoisotopic (exact) mass is 451 g/mol. The van der Waals surface area contributed by atoms with Gasteiger partial charge in [0, 0.05) is 22.5 Å². The van der Waals surface area contributed by atoms with Crippen molar-refractivity contribution in [1.82, 2.24) is 20.0 Å². The number of amides is 1. The van der Waals surface area contributed by atoms with Crippen molar-refractivity contribution < 1.29 is 4.79 Å².